The SMILES string of the molecule is COCC1CCCN(C(C)c2c(O)cccc2O)C1. The molecule has 2 atom stereocenters. The van der Waals surface area contributed by atoms with Gasteiger partial charge < -0.3 is 14.9 Å². The number of likely N-dealkylation sites (tertiary alicyclic amines) is 1. The van der Waals surface area contributed by atoms with Crippen molar-refractivity contribution in [3.8, 4) is 11.5 Å². The minimum absolute atomic E-state index is 0.0147. The molecule has 1 aromatic rings. The predicted molar refractivity (Wildman–Crippen MR) is 74.4 cm³/mol. The molecule has 0 spiro atoms. The smallest absolute Gasteiger partial charge is 0.124 e. The topological polar surface area (TPSA) is 52.9 Å². The molecule has 0 aromatic heterocycles. The Morgan fingerprint density at radius 2 is 2.05 bits per heavy atom. The second-order valence-electron chi connectivity index (χ2n) is 5.34. The van der Waals surface area contributed by atoms with Crippen molar-refractivity contribution < 1.29 is 14.9 Å². The summed E-state index contributed by atoms with van der Waals surface area (Å²) >= 11 is 0. The highest BCUT2D eigenvalue weighted by atomic mass is 16.5. The molecule has 1 saturated heterocycles. The maximum Gasteiger partial charge on any atom is 0.124 e. The molecule has 0 aliphatic carbocycles. The van der Waals surface area contributed by atoms with Gasteiger partial charge in [-0.3, -0.25) is 4.90 Å². The van der Waals surface area contributed by atoms with E-state index in [2.05, 4.69) is 4.90 Å². The van der Waals surface area contributed by atoms with Gasteiger partial charge >= 0.3 is 0 Å². The first-order valence-electron chi connectivity index (χ1n) is 6.87. The second kappa shape index (κ2) is 6.26. The number of aromatic hydroxyl groups is 2. The lowest BCUT2D eigenvalue weighted by Crippen LogP contribution is -2.38. The fourth-order valence-corrected chi connectivity index (χ4v) is 2.97. The standard InChI is InChI=1S/C15H23NO3/c1-11(15-13(17)6-3-7-14(15)18)16-8-4-5-12(9-16)10-19-2/h3,6-7,11-12,17-18H,4-5,8-10H2,1-2H3. The summed E-state index contributed by atoms with van der Waals surface area (Å²) in [6.45, 7) is 4.75. The zero-order valence-electron chi connectivity index (χ0n) is 11.7. The van der Waals surface area contributed by atoms with Crippen LogP contribution in [0.5, 0.6) is 11.5 Å². The van der Waals surface area contributed by atoms with E-state index in [0.717, 1.165) is 26.1 Å². The van der Waals surface area contributed by atoms with E-state index in [1.54, 1.807) is 25.3 Å². The highest BCUT2D eigenvalue weighted by molar-refractivity contribution is 5.45. The Balaban J connectivity index is 2.12. The van der Waals surface area contributed by atoms with Gasteiger partial charge in [-0.25, -0.2) is 0 Å². The highest BCUT2D eigenvalue weighted by Crippen LogP contribution is 2.37. The van der Waals surface area contributed by atoms with Gasteiger partial charge in [-0.05, 0) is 44.4 Å². The molecule has 1 fully saturated rings. The molecule has 106 valence electrons. The third-order valence-corrected chi connectivity index (χ3v) is 3.98. The monoisotopic (exact) mass is 265 g/mol. The fraction of sp³-hybridized carbons (Fsp3) is 0.600. The first kappa shape index (κ1) is 14.2. The van der Waals surface area contributed by atoms with Crippen LogP contribution in [0.25, 0.3) is 0 Å². The molecule has 0 amide bonds. The van der Waals surface area contributed by atoms with E-state index in [0.29, 0.717) is 11.5 Å². The van der Waals surface area contributed by atoms with E-state index in [1.165, 1.54) is 6.42 Å². The van der Waals surface area contributed by atoms with Crippen LogP contribution in [0.4, 0.5) is 0 Å². The molecule has 2 N–H and O–H groups in total. The Morgan fingerprint density at radius 1 is 1.37 bits per heavy atom. The molecule has 2 unspecified atom stereocenters. The van der Waals surface area contributed by atoms with E-state index in [1.807, 2.05) is 6.92 Å². The molecule has 19 heavy (non-hydrogen) atoms. The molecule has 1 aliphatic heterocycles. The number of nitrogens with zero attached hydrogens (tertiary/aromatic N) is 1. The van der Waals surface area contributed by atoms with Gasteiger partial charge in [-0.2, -0.15) is 0 Å². The molecule has 1 heterocycles. The number of phenolic OH excluding ortho intramolecular Hbond substituents is 2. The van der Waals surface area contributed by atoms with Crippen LogP contribution in [-0.2, 0) is 4.74 Å². The van der Waals surface area contributed by atoms with Gasteiger partial charge in [0.15, 0.2) is 0 Å². The first-order chi connectivity index (χ1) is 9.13. The third-order valence-electron chi connectivity index (χ3n) is 3.98. The van der Waals surface area contributed by atoms with Crippen molar-refractivity contribution in [1.82, 2.24) is 4.90 Å². The van der Waals surface area contributed by atoms with Crippen molar-refractivity contribution in [2.45, 2.75) is 25.8 Å². The van der Waals surface area contributed by atoms with Crippen molar-refractivity contribution in [1.29, 1.82) is 0 Å². The lowest BCUT2D eigenvalue weighted by Gasteiger charge is -2.37. The summed E-state index contributed by atoms with van der Waals surface area (Å²) < 4.78 is 5.24. The largest absolute Gasteiger partial charge is 0.507 e. The fourth-order valence-electron chi connectivity index (χ4n) is 2.97. The Hall–Kier alpha value is -1.26. The van der Waals surface area contributed by atoms with Gasteiger partial charge in [-0.15, -0.1) is 0 Å². The number of methoxy groups -OCH3 is 1. The third kappa shape index (κ3) is 3.19. The average Bonchev–Trinajstić information content (AvgIpc) is 2.39. The van der Waals surface area contributed by atoms with E-state index in [9.17, 15) is 10.2 Å². The van der Waals surface area contributed by atoms with Crippen molar-refractivity contribution in [2.24, 2.45) is 5.92 Å². The highest BCUT2D eigenvalue weighted by Gasteiger charge is 2.27. The zero-order valence-corrected chi connectivity index (χ0v) is 11.7. The Labute approximate surface area is 114 Å². The summed E-state index contributed by atoms with van der Waals surface area (Å²) in [5.74, 6) is 0.872. The van der Waals surface area contributed by atoms with Crippen molar-refractivity contribution >= 4 is 0 Å². The molecule has 0 radical (unpaired) electrons. The van der Waals surface area contributed by atoms with Crippen molar-refractivity contribution in [3.05, 3.63) is 23.8 Å². The molecule has 4 heteroatoms. The van der Waals surface area contributed by atoms with Gasteiger partial charge in [0.2, 0.25) is 0 Å². The number of ether oxygens (including phenoxy) is 1. The van der Waals surface area contributed by atoms with Gasteiger partial charge in [0, 0.05) is 19.7 Å². The first-order valence-corrected chi connectivity index (χ1v) is 6.87. The van der Waals surface area contributed by atoms with Crippen LogP contribution < -0.4 is 0 Å². The summed E-state index contributed by atoms with van der Waals surface area (Å²) in [5.41, 5.74) is 0.626. The second-order valence-corrected chi connectivity index (χ2v) is 5.34. The maximum absolute atomic E-state index is 9.95. The summed E-state index contributed by atoms with van der Waals surface area (Å²) in [6, 6.07) is 4.93. The molecule has 4 nitrogen and oxygen atoms in total. The number of phenols is 2. The molecular formula is C15H23NO3. The number of hydrogen-bond acceptors (Lipinski definition) is 4. The van der Waals surface area contributed by atoms with Crippen LogP contribution in [-0.4, -0.2) is 41.9 Å². The minimum atomic E-state index is 0.0147. The van der Waals surface area contributed by atoms with E-state index in [-0.39, 0.29) is 17.5 Å². The molecule has 1 aromatic carbocycles. The van der Waals surface area contributed by atoms with Gasteiger partial charge in [-0.1, -0.05) is 6.07 Å². The van der Waals surface area contributed by atoms with Crippen LogP contribution in [0.1, 0.15) is 31.4 Å². The molecule has 0 saturated carbocycles. The van der Waals surface area contributed by atoms with E-state index < -0.39 is 0 Å². The van der Waals surface area contributed by atoms with Gasteiger partial charge in [0.25, 0.3) is 0 Å². The van der Waals surface area contributed by atoms with E-state index in [4.69, 9.17) is 4.74 Å². The number of piperidine rings is 1. The number of hydrogen-bond donors (Lipinski definition) is 2. The summed E-state index contributed by atoms with van der Waals surface area (Å²) in [6.07, 6.45) is 2.32. The van der Waals surface area contributed by atoms with E-state index >= 15 is 0 Å². The molecule has 0 bridgehead atoms. The Bertz CT molecular complexity index is 400. The van der Waals surface area contributed by atoms with Crippen molar-refractivity contribution in [2.75, 3.05) is 26.8 Å². The van der Waals surface area contributed by atoms with Crippen LogP contribution in [0.2, 0.25) is 0 Å². The minimum Gasteiger partial charge on any atom is -0.507 e. The van der Waals surface area contributed by atoms with Crippen LogP contribution >= 0.6 is 0 Å². The quantitative estimate of drug-likeness (QED) is 0.878. The van der Waals surface area contributed by atoms with Crippen LogP contribution in [0.3, 0.4) is 0 Å². The number of benzene rings is 1. The Kier molecular flexibility index (Phi) is 4.66. The summed E-state index contributed by atoms with van der Waals surface area (Å²) in [7, 11) is 1.73. The van der Waals surface area contributed by atoms with Crippen molar-refractivity contribution in [3.63, 3.8) is 0 Å². The zero-order chi connectivity index (χ0) is 13.8. The summed E-state index contributed by atoms with van der Waals surface area (Å²) in [4.78, 5) is 2.31. The normalized spacial score (nSPS) is 22.3. The summed E-state index contributed by atoms with van der Waals surface area (Å²) in [5, 5.41) is 19.9. The maximum atomic E-state index is 9.95. The number of rotatable bonds is 4. The van der Waals surface area contributed by atoms with Crippen LogP contribution in [0.15, 0.2) is 18.2 Å². The lowest BCUT2D eigenvalue weighted by atomic mass is 9.95. The van der Waals surface area contributed by atoms with Crippen LogP contribution in [0, 0.1) is 5.92 Å². The van der Waals surface area contributed by atoms with Gasteiger partial charge in [0.05, 0.1) is 12.2 Å². The molecule has 2 rings (SSSR count). The lowest BCUT2D eigenvalue weighted by molar-refractivity contribution is 0.0709. The molecule has 1 aliphatic rings. The average molecular weight is 265 g/mol. The Morgan fingerprint density at radius 3 is 2.68 bits per heavy atom. The molecular weight excluding hydrogens is 242 g/mol. The predicted octanol–water partition coefficient (Wildman–Crippen LogP) is 2.52. The van der Waals surface area contributed by atoms with Gasteiger partial charge in [0.1, 0.15) is 11.5 Å².